The van der Waals surface area contributed by atoms with E-state index in [9.17, 15) is 4.79 Å². The number of benzene rings is 2. The largest absolute Gasteiger partial charge is 0.399 e. The fourth-order valence-electron chi connectivity index (χ4n) is 1.75. The predicted octanol–water partition coefficient (Wildman–Crippen LogP) is 3.40. The van der Waals surface area contributed by atoms with Gasteiger partial charge in [0.25, 0.3) is 0 Å². The SMILES string of the molecule is Nc1ccc(NC(=O)NCCc2cccc(Br)c2)cc1. The van der Waals surface area contributed by atoms with E-state index in [2.05, 4.69) is 26.6 Å². The molecule has 5 heteroatoms. The van der Waals surface area contributed by atoms with Crippen LogP contribution in [-0.4, -0.2) is 12.6 Å². The Labute approximate surface area is 126 Å². The molecule has 0 aliphatic rings. The third-order valence-electron chi connectivity index (χ3n) is 2.76. The minimum atomic E-state index is -0.218. The van der Waals surface area contributed by atoms with Gasteiger partial charge in [0.05, 0.1) is 0 Å². The van der Waals surface area contributed by atoms with Gasteiger partial charge in [0.1, 0.15) is 0 Å². The highest BCUT2D eigenvalue weighted by Gasteiger charge is 2.01. The fourth-order valence-corrected chi connectivity index (χ4v) is 2.20. The minimum absolute atomic E-state index is 0.218. The molecule has 0 spiro atoms. The Balaban J connectivity index is 1.76. The molecule has 2 aromatic carbocycles. The summed E-state index contributed by atoms with van der Waals surface area (Å²) in [5.41, 5.74) is 8.15. The third kappa shape index (κ3) is 4.59. The molecule has 0 radical (unpaired) electrons. The van der Waals surface area contributed by atoms with E-state index < -0.39 is 0 Å². The fraction of sp³-hybridized carbons (Fsp3) is 0.133. The first-order chi connectivity index (χ1) is 9.63. The summed E-state index contributed by atoms with van der Waals surface area (Å²) in [4.78, 5) is 11.7. The molecule has 0 aliphatic carbocycles. The topological polar surface area (TPSA) is 67.1 Å². The lowest BCUT2D eigenvalue weighted by Crippen LogP contribution is -2.30. The first kappa shape index (κ1) is 14.4. The molecule has 20 heavy (non-hydrogen) atoms. The molecule has 4 nitrogen and oxygen atoms in total. The molecular formula is C15H16BrN3O. The van der Waals surface area contributed by atoms with Crippen molar-refractivity contribution >= 4 is 33.3 Å². The van der Waals surface area contributed by atoms with Crippen LogP contribution in [0, 0.1) is 0 Å². The second-order valence-electron chi connectivity index (χ2n) is 4.38. The van der Waals surface area contributed by atoms with Gasteiger partial charge in [-0.05, 0) is 48.4 Å². The number of hydrogen-bond acceptors (Lipinski definition) is 2. The summed E-state index contributed by atoms with van der Waals surface area (Å²) < 4.78 is 1.04. The molecule has 0 unspecified atom stereocenters. The first-order valence-electron chi connectivity index (χ1n) is 6.28. The van der Waals surface area contributed by atoms with Crippen LogP contribution >= 0.6 is 15.9 Å². The molecule has 0 saturated carbocycles. The van der Waals surface area contributed by atoms with Crippen LogP contribution < -0.4 is 16.4 Å². The van der Waals surface area contributed by atoms with Crippen molar-refractivity contribution in [3.63, 3.8) is 0 Å². The molecule has 2 aromatic rings. The van der Waals surface area contributed by atoms with Crippen molar-refractivity contribution in [2.75, 3.05) is 17.6 Å². The van der Waals surface area contributed by atoms with Crippen LogP contribution in [0.4, 0.5) is 16.2 Å². The van der Waals surface area contributed by atoms with Gasteiger partial charge in [-0.3, -0.25) is 0 Å². The average Bonchev–Trinajstić information content (AvgIpc) is 2.41. The van der Waals surface area contributed by atoms with E-state index in [1.807, 2.05) is 24.3 Å². The van der Waals surface area contributed by atoms with E-state index in [4.69, 9.17) is 5.73 Å². The Morgan fingerprint density at radius 3 is 2.60 bits per heavy atom. The van der Waals surface area contributed by atoms with E-state index in [1.54, 1.807) is 24.3 Å². The molecule has 0 bridgehead atoms. The zero-order valence-corrected chi connectivity index (χ0v) is 12.5. The quantitative estimate of drug-likeness (QED) is 0.750. The smallest absolute Gasteiger partial charge is 0.319 e. The van der Waals surface area contributed by atoms with Crippen molar-refractivity contribution in [1.29, 1.82) is 0 Å². The number of hydrogen-bond donors (Lipinski definition) is 3. The predicted molar refractivity (Wildman–Crippen MR) is 85.7 cm³/mol. The lowest BCUT2D eigenvalue weighted by atomic mass is 10.1. The van der Waals surface area contributed by atoms with Crippen LogP contribution in [0.3, 0.4) is 0 Å². The van der Waals surface area contributed by atoms with Gasteiger partial charge in [-0.1, -0.05) is 28.1 Å². The lowest BCUT2D eigenvalue weighted by Gasteiger charge is -2.08. The maximum atomic E-state index is 11.7. The number of anilines is 2. The Morgan fingerprint density at radius 1 is 1.15 bits per heavy atom. The zero-order valence-electron chi connectivity index (χ0n) is 10.9. The van der Waals surface area contributed by atoms with E-state index in [-0.39, 0.29) is 6.03 Å². The Bertz CT molecular complexity index is 584. The number of amides is 2. The lowest BCUT2D eigenvalue weighted by molar-refractivity contribution is 0.252. The molecule has 0 aliphatic heterocycles. The Kier molecular flexibility index (Phi) is 5.01. The molecule has 2 amide bonds. The maximum Gasteiger partial charge on any atom is 0.319 e. The van der Waals surface area contributed by atoms with Crippen molar-refractivity contribution in [3.8, 4) is 0 Å². The van der Waals surface area contributed by atoms with Crippen LogP contribution in [0.5, 0.6) is 0 Å². The van der Waals surface area contributed by atoms with E-state index in [0.717, 1.165) is 16.6 Å². The number of nitrogen functional groups attached to an aromatic ring is 1. The first-order valence-corrected chi connectivity index (χ1v) is 7.07. The summed E-state index contributed by atoms with van der Waals surface area (Å²) in [5, 5.41) is 5.57. The molecular weight excluding hydrogens is 318 g/mol. The summed E-state index contributed by atoms with van der Waals surface area (Å²) in [6.07, 6.45) is 0.786. The van der Waals surface area contributed by atoms with Crippen molar-refractivity contribution in [2.24, 2.45) is 0 Å². The highest BCUT2D eigenvalue weighted by Crippen LogP contribution is 2.12. The van der Waals surface area contributed by atoms with Gasteiger partial charge >= 0.3 is 6.03 Å². The molecule has 0 heterocycles. The van der Waals surface area contributed by atoms with Gasteiger partial charge in [0, 0.05) is 22.4 Å². The van der Waals surface area contributed by atoms with Crippen LogP contribution in [0.2, 0.25) is 0 Å². The summed E-state index contributed by atoms with van der Waals surface area (Å²) in [6.45, 7) is 0.581. The second-order valence-corrected chi connectivity index (χ2v) is 5.30. The van der Waals surface area contributed by atoms with Gasteiger partial charge in [-0.25, -0.2) is 4.79 Å². The molecule has 0 saturated heterocycles. The summed E-state index contributed by atoms with van der Waals surface area (Å²) in [7, 11) is 0. The number of rotatable bonds is 4. The summed E-state index contributed by atoms with van der Waals surface area (Å²) in [5.74, 6) is 0. The number of nitrogens with one attached hydrogen (secondary N) is 2. The van der Waals surface area contributed by atoms with Crippen molar-refractivity contribution in [3.05, 3.63) is 58.6 Å². The van der Waals surface area contributed by atoms with Crippen LogP contribution in [0.15, 0.2) is 53.0 Å². The Hall–Kier alpha value is -2.01. The molecule has 104 valence electrons. The highest BCUT2D eigenvalue weighted by atomic mass is 79.9. The summed E-state index contributed by atoms with van der Waals surface area (Å²) in [6, 6.07) is 14.8. The zero-order chi connectivity index (χ0) is 14.4. The average molecular weight is 334 g/mol. The number of halogens is 1. The van der Waals surface area contributed by atoms with Crippen LogP contribution in [0.25, 0.3) is 0 Å². The van der Waals surface area contributed by atoms with Gasteiger partial charge < -0.3 is 16.4 Å². The van der Waals surface area contributed by atoms with Crippen molar-refractivity contribution < 1.29 is 4.79 Å². The third-order valence-corrected chi connectivity index (χ3v) is 3.25. The van der Waals surface area contributed by atoms with Crippen LogP contribution in [0.1, 0.15) is 5.56 Å². The molecule has 0 atom stereocenters. The van der Waals surface area contributed by atoms with E-state index in [0.29, 0.717) is 12.2 Å². The molecule has 2 rings (SSSR count). The van der Waals surface area contributed by atoms with E-state index in [1.165, 1.54) is 5.56 Å². The van der Waals surface area contributed by atoms with Gasteiger partial charge in [0.2, 0.25) is 0 Å². The number of urea groups is 1. The molecule has 0 aromatic heterocycles. The number of nitrogens with two attached hydrogens (primary N) is 1. The highest BCUT2D eigenvalue weighted by molar-refractivity contribution is 9.10. The monoisotopic (exact) mass is 333 g/mol. The standard InChI is InChI=1S/C15H16BrN3O/c16-12-3-1-2-11(10-12)8-9-18-15(20)19-14-6-4-13(17)5-7-14/h1-7,10H,8-9,17H2,(H2,18,19,20). The second kappa shape index (κ2) is 6.96. The van der Waals surface area contributed by atoms with Crippen LogP contribution in [-0.2, 0) is 6.42 Å². The van der Waals surface area contributed by atoms with Gasteiger partial charge in [0.15, 0.2) is 0 Å². The normalized spacial score (nSPS) is 10.1. The van der Waals surface area contributed by atoms with E-state index >= 15 is 0 Å². The maximum absolute atomic E-state index is 11.7. The molecule has 4 N–H and O–H groups in total. The van der Waals surface area contributed by atoms with Gasteiger partial charge in [-0.15, -0.1) is 0 Å². The molecule has 0 fully saturated rings. The van der Waals surface area contributed by atoms with Gasteiger partial charge in [-0.2, -0.15) is 0 Å². The minimum Gasteiger partial charge on any atom is -0.399 e. The van der Waals surface area contributed by atoms with Crippen molar-refractivity contribution in [2.45, 2.75) is 6.42 Å². The van der Waals surface area contributed by atoms with Crippen molar-refractivity contribution in [1.82, 2.24) is 5.32 Å². The number of carbonyl (C=O) groups excluding carboxylic acids is 1. The summed E-state index contributed by atoms with van der Waals surface area (Å²) >= 11 is 3.42. The number of carbonyl (C=O) groups is 1. The Morgan fingerprint density at radius 2 is 1.90 bits per heavy atom.